The van der Waals surface area contributed by atoms with E-state index in [1.54, 1.807) is 21.3 Å². The molecule has 0 aliphatic carbocycles. The van der Waals surface area contributed by atoms with Crippen molar-refractivity contribution in [3.05, 3.63) is 29.3 Å². The number of aryl methyl sites for hydroxylation is 1. The van der Waals surface area contributed by atoms with Crippen LogP contribution in [0.5, 0.6) is 5.75 Å². The summed E-state index contributed by atoms with van der Waals surface area (Å²) in [4.78, 5) is 2.25. The second-order valence-electron chi connectivity index (χ2n) is 5.76. The molecule has 124 valence electrons. The molecule has 0 saturated carbocycles. The first kappa shape index (κ1) is 17.2. The Labute approximate surface area is 133 Å². The van der Waals surface area contributed by atoms with Crippen molar-refractivity contribution in [2.75, 3.05) is 41.6 Å². The van der Waals surface area contributed by atoms with Gasteiger partial charge in [0.05, 0.1) is 26.4 Å². The Balaban J connectivity index is 2.14. The van der Waals surface area contributed by atoms with Crippen molar-refractivity contribution in [1.82, 2.24) is 4.90 Å². The molecule has 0 bridgehead atoms. The van der Waals surface area contributed by atoms with Crippen LogP contribution in [0.1, 0.15) is 11.1 Å². The van der Waals surface area contributed by atoms with E-state index < -0.39 is 0 Å². The van der Waals surface area contributed by atoms with Crippen LogP contribution in [0.3, 0.4) is 0 Å². The van der Waals surface area contributed by atoms with Gasteiger partial charge in [-0.1, -0.05) is 18.2 Å². The molecule has 3 atom stereocenters. The van der Waals surface area contributed by atoms with E-state index in [0.29, 0.717) is 13.2 Å². The number of methoxy groups -OCH3 is 3. The summed E-state index contributed by atoms with van der Waals surface area (Å²) < 4.78 is 22.4. The van der Waals surface area contributed by atoms with Gasteiger partial charge in [0.1, 0.15) is 18.0 Å². The highest BCUT2D eigenvalue weighted by atomic mass is 16.6. The van der Waals surface area contributed by atoms with Gasteiger partial charge in [0, 0.05) is 26.3 Å². The average molecular weight is 309 g/mol. The van der Waals surface area contributed by atoms with Crippen molar-refractivity contribution in [3.8, 4) is 5.75 Å². The van der Waals surface area contributed by atoms with Gasteiger partial charge in [0.15, 0.2) is 0 Å². The third kappa shape index (κ3) is 3.60. The molecule has 0 amide bonds. The van der Waals surface area contributed by atoms with Crippen LogP contribution in [-0.2, 0) is 20.8 Å². The molecule has 0 radical (unpaired) electrons. The largest absolute Gasteiger partial charge is 0.496 e. The Morgan fingerprint density at radius 2 is 1.95 bits per heavy atom. The Bertz CT molecular complexity index is 480. The molecule has 1 aromatic carbocycles. The predicted molar refractivity (Wildman–Crippen MR) is 85.4 cm³/mol. The zero-order valence-corrected chi connectivity index (χ0v) is 14.2. The Morgan fingerprint density at radius 3 is 2.59 bits per heavy atom. The van der Waals surface area contributed by atoms with Crippen molar-refractivity contribution >= 4 is 0 Å². The lowest BCUT2D eigenvalue weighted by Gasteiger charge is -2.41. The summed E-state index contributed by atoms with van der Waals surface area (Å²) >= 11 is 0. The summed E-state index contributed by atoms with van der Waals surface area (Å²) in [5.41, 5.74) is 2.31. The summed E-state index contributed by atoms with van der Waals surface area (Å²) in [6.45, 7) is 4.05. The topological polar surface area (TPSA) is 40.2 Å². The SMILES string of the molecule is COc1c(C)cccc1CN(C)[C@@H]1COC[C@@H](OC)[C@H]1OC. The zero-order valence-electron chi connectivity index (χ0n) is 14.2. The summed E-state index contributed by atoms with van der Waals surface area (Å²) in [6, 6.07) is 6.37. The van der Waals surface area contributed by atoms with E-state index in [9.17, 15) is 0 Å². The van der Waals surface area contributed by atoms with Crippen molar-refractivity contribution in [1.29, 1.82) is 0 Å². The van der Waals surface area contributed by atoms with Crippen molar-refractivity contribution in [2.45, 2.75) is 31.7 Å². The average Bonchev–Trinajstić information content (AvgIpc) is 2.54. The number of ether oxygens (including phenoxy) is 4. The minimum atomic E-state index is -0.0365. The maximum Gasteiger partial charge on any atom is 0.126 e. The molecule has 22 heavy (non-hydrogen) atoms. The molecular weight excluding hydrogens is 282 g/mol. The Kier molecular flexibility index (Phi) is 6.20. The second-order valence-corrected chi connectivity index (χ2v) is 5.76. The molecule has 1 aliphatic rings. The van der Waals surface area contributed by atoms with Crippen LogP contribution in [-0.4, -0.2) is 64.7 Å². The summed E-state index contributed by atoms with van der Waals surface area (Å²) in [6.07, 6.45) is -0.0369. The lowest BCUT2D eigenvalue weighted by Crippen LogP contribution is -2.56. The quantitative estimate of drug-likeness (QED) is 0.802. The lowest BCUT2D eigenvalue weighted by molar-refractivity contribution is -0.153. The lowest BCUT2D eigenvalue weighted by atomic mass is 10.0. The van der Waals surface area contributed by atoms with Crippen LogP contribution in [0.25, 0.3) is 0 Å². The molecule has 1 aliphatic heterocycles. The number of benzene rings is 1. The monoisotopic (exact) mass is 309 g/mol. The summed E-state index contributed by atoms with van der Waals surface area (Å²) in [7, 11) is 7.23. The van der Waals surface area contributed by atoms with Crippen LogP contribution >= 0.6 is 0 Å². The predicted octanol–water partition coefficient (Wildman–Crippen LogP) is 1.86. The van der Waals surface area contributed by atoms with E-state index in [1.807, 2.05) is 0 Å². The number of likely N-dealkylation sites (N-methyl/N-ethyl adjacent to an activating group) is 1. The van der Waals surface area contributed by atoms with Gasteiger partial charge in [-0.3, -0.25) is 4.90 Å². The van der Waals surface area contributed by atoms with Crippen LogP contribution in [0.4, 0.5) is 0 Å². The molecule has 0 unspecified atom stereocenters. The first-order valence-corrected chi connectivity index (χ1v) is 7.58. The van der Waals surface area contributed by atoms with E-state index >= 15 is 0 Å². The van der Waals surface area contributed by atoms with Gasteiger partial charge < -0.3 is 18.9 Å². The number of nitrogens with zero attached hydrogens (tertiary/aromatic N) is 1. The van der Waals surface area contributed by atoms with E-state index in [4.69, 9.17) is 18.9 Å². The molecule has 5 nitrogen and oxygen atoms in total. The number of hydrogen-bond donors (Lipinski definition) is 0. The molecule has 1 heterocycles. The molecule has 0 aromatic heterocycles. The zero-order chi connectivity index (χ0) is 16.1. The van der Waals surface area contributed by atoms with Crippen LogP contribution < -0.4 is 4.74 Å². The van der Waals surface area contributed by atoms with E-state index in [0.717, 1.165) is 17.9 Å². The van der Waals surface area contributed by atoms with E-state index in [1.165, 1.54) is 5.56 Å². The maximum atomic E-state index is 5.68. The number of para-hydroxylation sites is 1. The molecular formula is C17H27NO4. The molecule has 0 N–H and O–H groups in total. The van der Waals surface area contributed by atoms with Gasteiger partial charge >= 0.3 is 0 Å². The van der Waals surface area contributed by atoms with E-state index in [-0.39, 0.29) is 18.2 Å². The molecule has 1 saturated heterocycles. The van der Waals surface area contributed by atoms with Gasteiger partial charge in [0.25, 0.3) is 0 Å². The van der Waals surface area contributed by atoms with Gasteiger partial charge in [-0.15, -0.1) is 0 Å². The van der Waals surface area contributed by atoms with Gasteiger partial charge in [-0.25, -0.2) is 0 Å². The highest BCUT2D eigenvalue weighted by Gasteiger charge is 2.37. The molecule has 1 fully saturated rings. The third-order valence-electron chi connectivity index (χ3n) is 4.37. The Hall–Kier alpha value is -1.14. The van der Waals surface area contributed by atoms with E-state index in [2.05, 4.69) is 37.1 Å². The van der Waals surface area contributed by atoms with Gasteiger partial charge in [0.2, 0.25) is 0 Å². The minimum absolute atomic E-state index is 0.000413. The first-order valence-electron chi connectivity index (χ1n) is 7.58. The van der Waals surface area contributed by atoms with Crippen LogP contribution in [0.2, 0.25) is 0 Å². The highest BCUT2D eigenvalue weighted by Crippen LogP contribution is 2.26. The maximum absolute atomic E-state index is 5.68. The fourth-order valence-corrected chi connectivity index (χ4v) is 3.15. The molecule has 1 aromatic rings. The normalized spacial score (nSPS) is 25.5. The summed E-state index contributed by atoms with van der Waals surface area (Å²) in [5, 5.41) is 0. The van der Waals surface area contributed by atoms with Crippen molar-refractivity contribution in [3.63, 3.8) is 0 Å². The van der Waals surface area contributed by atoms with Gasteiger partial charge in [-0.05, 0) is 19.5 Å². The molecule has 0 spiro atoms. The minimum Gasteiger partial charge on any atom is -0.496 e. The van der Waals surface area contributed by atoms with Crippen molar-refractivity contribution in [2.24, 2.45) is 0 Å². The highest BCUT2D eigenvalue weighted by molar-refractivity contribution is 5.40. The first-order chi connectivity index (χ1) is 10.6. The van der Waals surface area contributed by atoms with Crippen LogP contribution in [0.15, 0.2) is 18.2 Å². The number of rotatable bonds is 6. The Morgan fingerprint density at radius 1 is 1.18 bits per heavy atom. The summed E-state index contributed by atoms with van der Waals surface area (Å²) in [5.74, 6) is 0.948. The fourth-order valence-electron chi connectivity index (χ4n) is 3.15. The van der Waals surface area contributed by atoms with Crippen molar-refractivity contribution < 1.29 is 18.9 Å². The van der Waals surface area contributed by atoms with Gasteiger partial charge in [-0.2, -0.15) is 0 Å². The number of hydrogen-bond acceptors (Lipinski definition) is 5. The van der Waals surface area contributed by atoms with Crippen LogP contribution in [0, 0.1) is 6.92 Å². The molecule has 5 heteroatoms. The third-order valence-corrected chi connectivity index (χ3v) is 4.37. The second kappa shape index (κ2) is 7.92. The smallest absolute Gasteiger partial charge is 0.126 e. The fraction of sp³-hybridized carbons (Fsp3) is 0.647. The molecule has 2 rings (SSSR count). The standard InChI is InChI=1S/C17H27NO4/c1-12-7-6-8-13(16(12)20-4)9-18(2)14-10-22-11-15(19-3)17(14)21-5/h6-8,14-15,17H,9-11H2,1-5H3/t14-,15-,17+/m1/s1.